The summed E-state index contributed by atoms with van der Waals surface area (Å²) in [5.41, 5.74) is 1.74. The van der Waals surface area contributed by atoms with Gasteiger partial charge >= 0.3 is 0 Å². The first-order valence-corrected chi connectivity index (χ1v) is 10.5. The number of nitrogens with one attached hydrogen (secondary N) is 1. The molecule has 0 aliphatic carbocycles. The fourth-order valence-corrected chi connectivity index (χ4v) is 3.65. The number of carbonyl (C=O) groups excluding carboxylic acids is 1. The number of rotatable bonds is 7. The highest BCUT2D eigenvalue weighted by Gasteiger charge is 2.14. The quantitative estimate of drug-likeness (QED) is 0.379. The average Bonchev–Trinajstić information content (AvgIpc) is 3.15. The Morgan fingerprint density at radius 3 is 2.70 bits per heavy atom. The van der Waals surface area contributed by atoms with Crippen LogP contribution in [0.1, 0.15) is 29.9 Å². The second-order valence-electron chi connectivity index (χ2n) is 6.76. The zero-order chi connectivity index (χ0) is 21.5. The van der Waals surface area contributed by atoms with Crippen LogP contribution < -0.4 is 10.1 Å². The van der Waals surface area contributed by atoms with Gasteiger partial charge < -0.3 is 4.74 Å². The molecule has 0 aliphatic rings. The van der Waals surface area contributed by atoms with Gasteiger partial charge in [0.25, 0.3) is 5.91 Å². The standard InChI is InChI=1S/C23H20ClN3O2S/c1-15(2)29-21-6-4-3-5-17(21)12-18(13-25)22(28)27-23-26-14-20(30-23)11-16-7-9-19(24)10-8-16/h3-10,12,14-15H,11H2,1-2H3,(H,26,27,28)/b18-12+. The first-order valence-electron chi connectivity index (χ1n) is 9.32. The molecule has 152 valence electrons. The van der Waals surface area contributed by atoms with E-state index in [9.17, 15) is 10.1 Å². The number of thiazole rings is 1. The molecule has 0 radical (unpaired) electrons. The summed E-state index contributed by atoms with van der Waals surface area (Å²) in [6, 6.07) is 16.8. The van der Waals surface area contributed by atoms with E-state index in [2.05, 4.69) is 10.3 Å². The minimum atomic E-state index is -0.510. The Morgan fingerprint density at radius 2 is 2.00 bits per heavy atom. The molecule has 1 N–H and O–H groups in total. The monoisotopic (exact) mass is 437 g/mol. The molecular weight excluding hydrogens is 418 g/mol. The third-order valence-corrected chi connectivity index (χ3v) is 5.18. The number of aromatic nitrogens is 1. The van der Waals surface area contributed by atoms with Crippen molar-refractivity contribution in [2.24, 2.45) is 0 Å². The Balaban J connectivity index is 1.72. The molecule has 0 saturated carbocycles. The SMILES string of the molecule is CC(C)Oc1ccccc1/C=C(\C#N)C(=O)Nc1ncc(Cc2ccc(Cl)cc2)s1. The van der Waals surface area contributed by atoms with Gasteiger partial charge in [-0.3, -0.25) is 10.1 Å². The number of benzene rings is 2. The maximum Gasteiger partial charge on any atom is 0.268 e. The summed E-state index contributed by atoms with van der Waals surface area (Å²) >= 11 is 7.28. The number of ether oxygens (including phenoxy) is 1. The van der Waals surface area contributed by atoms with E-state index in [0.29, 0.717) is 27.9 Å². The molecule has 0 unspecified atom stereocenters. The lowest BCUT2D eigenvalue weighted by Crippen LogP contribution is -2.13. The first kappa shape index (κ1) is 21.6. The van der Waals surface area contributed by atoms with Crippen LogP contribution in [0.2, 0.25) is 5.02 Å². The normalized spacial score (nSPS) is 11.2. The Hall–Kier alpha value is -3.14. The number of nitrogens with zero attached hydrogens (tertiary/aromatic N) is 2. The molecule has 7 heteroatoms. The average molecular weight is 438 g/mol. The Bertz CT molecular complexity index is 1100. The lowest BCUT2D eigenvalue weighted by atomic mass is 10.1. The Kier molecular flexibility index (Phi) is 7.23. The molecule has 5 nitrogen and oxygen atoms in total. The molecule has 3 rings (SSSR count). The molecule has 0 atom stereocenters. The Morgan fingerprint density at radius 1 is 1.27 bits per heavy atom. The first-order chi connectivity index (χ1) is 14.4. The molecule has 30 heavy (non-hydrogen) atoms. The van der Waals surface area contributed by atoms with Gasteiger partial charge in [-0.25, -0.2) is 4.98 Å². The third kappa shape index (κ3) is 5.93. The van der Waals surface area contributed by atoms with Crippen molar-refractivity contribution >= 4 is 40.1 Å². The van der Waals surface area contributed by atoms with Crippen molar-refractivity contribution in [1.29, 1.82) is 5.26 Å². The van der Waals surface area contributed by atoms with Crippen LogP contribution in [-0.4, -0.2) is 17.0 Å². The van der Waals surface area contributed by atoms with E-state index in [1.807, 2.05) is 62.4 Å². The summed E-state index contributed by atoms with van der Waals surface area (Å²) in [4.78, 5) is 17.8. The number of hydrogen-bond acceptors (Lipinski definition) is 5. The summed E-state index contributed by atoms with van der Waals surface area (Å²) in [7, 11) is 0. The molecule has 0 fully saturated rings. The molecule has 1 heterocycles. The second kappa shape index (κ2) is 10.1. The zero-order valence-electron chi connectivity index (χ0n) is 16.6. The second-order valence-corrected chi connectivity index (χ2v) is 8.31. The van der Waals surface area contributed by atoms with E-state index >= 15 is 0 Å². The number of amides is 1. The van der Waals surface area contributed by atoms with E-state index < -0.39 is 5.91 Å². The molecular formula is C23H20ClN3O2S. The molecule has 0 saturated heterocycles. The minimum absolute atomic E-state index is 0.0201. The lowest BCUT2D eigenvalue weighted by Gasteiger charge is -2.12. The van der Waals surface area contributed by atoms with Gasteiger partial charge in [0, 0.05) is 28.1 Å². The van der Waals surface area contributed by atoms with Crippen LogP contribution in [0.15, 0.2) is 60.3 Å². The van der Waals surface area contributed by atoms with Gasteiger partial charge in [0.05, 0.1) is 6.10 Å². The van der Waals surface area contributed by atoms with Crippen molar-refractivity contribution < 1.29 is 9.53 Å². The van der Waals surface area contributed by atoms with E-state index in [1.54, 1.807) is 12.3 Å². The number of hydrogen-bond donors (Lipinski definition) is 1. The lowest BCUT2D eigenvalue weighted by molar-refractivity contribution is -0.112. The number of para-hydroxylation sites is 1. The minimum Gasteiger partial charge on any atom is -0.490 e. The number of halogens is 1. The highest BCUT2D eigenvalue weighted by Crippen LogP contribution is 2.24. The predicted octanol–water partition coefficient (Wildman–Crippen LogP) is 5.72. The van der Waals surface area contributed by atoms with E-state index in [1.165, 1.54) is 17.4 Å². The van der Waals surface area contributed by atoms with Crippen LogP contribution in [0.4, 0.5) is 5.13 Å². The van der Waals surface area contributed by atoms with Gasteiger partial charge in [-0.05, 0) is 43.7 Å². The van der Waals surface area contributed by atoms with E-state index in [4.69, 9.17) is 16.3 Å². The molecule has 0 spiro atoms. The fraction of sp³-hybridized carbons (Fsp3) is 0.174. The highest BCUT2D eigenvalue weighted by molar-refractivity contribution is 7.15. The molecule has 2 aromatic carbocycles. The summed E-state index contributed by atoms with van der Waals surface area (Å²) in [5, 5.41) is 13.3. The summed E-state index contributed by atoms with van der Waals surface area (Å²) < 4.78 is 5.75. The Labute approximate surface area is 184 Å². The predicted molar refractivity (Wildman–Crippen MR) is 121 cm³/mol. The fourth-order valence-electron chi connectivity index (χ4n) is 2.68. The molecule has 0 bridgehead atoms. The van der Waals surface area contributed by atoms with Crippen molar-refractivity contribution in [2.75, 3.05) is 5.32 Å². The maximum atomic E-state index is 12.6. The zero-order valence-corrected chi connectivity index (χ0v) is 18.1. The molecule has 3 aromatic rings. The summed E-state index contributed by atoms with van der Waals surface area (Å²) in [5.74, 6) is 0.108. The molecule has 1 amide bonds. The van der Waals surface area contributed by atoms with Crippen LogP contribution in [0.5, 0.6) is 5.75 Å². The molecule has 0 aliphatic heterocycles. The smallest absolute Gasteiger partial charge is 0.268 e. The van der Waals surface area contributed by atoms with Crippen molar-refractivity contribution in [3.63, 3.8) is 0 Å². The topological polar surface area (TPSA) is 75.0 Å². The van der Waals surface area contributed by atoms with Gasteiger partial charge in [-0.2, -0.15) is 5.26 Å². The van der Waals surface area contributed by atoms with E-state index in [0.717, 1.165) is 10.4 Å². The van der Waals surface area contributed by atoms with Crippen molar-refractivity contribution in [3.05, 3.63) is 81.3 Å². The third-order valence-electron chi connectivity index (χ3n) is 4.01. The van der Waals surface area contributed by atoms with Crippen molar-refractivity contribution in [3.8, 4) is 11.8 Å². The van der Waals surface area contributed by atoms with Gasteiger partial charge in [-0.1, -0.05) is 41.9 Å². The van der Waals surface area contributed by atoms with Crippen LogP contribution >= 0.6 is 22.9 Å². The summed E-state index contributed by atoms with van der Waals surface area (Å²) in [6.07, 6.45) is 3.91. The van der Waals surface area contributed by atoms with E-state index in [-0.39, 0.29) is 11.7 Å². The van der Waals surface area contributed by atoms with Crippen LogP contribution in [0.25, 0.3) is 6.08 Å². The number of nitriles is 1. The maximum absolute atomic E-state index is 12.6. The molecule has 1 aromatic heterocycles. The van der Waals surface area contributed by atoms with Crippen LogP contribution in [0.3, 0.4) is 0 Å². The van der Waals surface area contributed by atoms with Gasteiger partial charge in [-0.15, -0.1) is 11.3 Å². The van der Waals surface area contributed by atoms with Crippen molar-refractivity contribution in [2.45, 2.75) is 26.4 Å². The largest absolute Gasteiger partial charge is 0.490 e. The number of carbonyl (C=O) groups is 1. The van der Waals surface area contributed by atoms with Gasteiger partial charge in [0.2, 0.25) is 0 Å². The van der Waals surface area contributed by atoms with Crippen molar-refractivity contribution in [1.82, 2.24) is 4.98 Å². The van der Waals surface area contributed by atoms with Gasteiger partial charge in [0.15, 0.2) is 5.13 Å². The van der Waals surface area contributed by atoms with Gasteiger partial charge in [0.1, 0.15) is 17.4 Å². The van der Waals surface area contributed by atoms with Crippen LogP contribution in [0, 0.1) is 11.3 Å². The highest BCUT2D eigenvalue weighted by atomic mass is 35.5. The summed E-state index contributed by atoms with van der Waals surface area (Å²) in [6.45, 7) is 3.84. The van der Waals surface area contributed by atoms with Crippen LogP contribution in [-0.2, 0) is 11.2 Å². The number of anilines is 1.